The first-order valence-corrected chi connectivity index (χ1v) is 8.13. The average Bonchev–Trinajstić information content (AvgIpc) is 2.43. The largest absolute Gasteiger partial charge is 0.313 e. The molecular formula is C12H26N2OS. The van der Waals surface area contributed by atoms with Crippen molar-refractivity contribution in [1.82, 2.24) is 10.2 Å². The first-order chi connectivity index (χ1) is 7.63. The molecule has 16 heavy (non-hydrogen) atoms. The van der Waals surface area contributed by atoms with Crippen molar-refractivity contribution >= 4 is 10.8 Å². The van der Waals surface area contributed by atoms with E-state index >= 15 is 0 Å². The summed E-state index contributed by atoms with van der Waals surface area (Å²) < 4.78 is 11.3. The van der Waals surface area contributed by atoms with Crippen molar-refractivity contribution in [3.63, 3.8) is 0 Å². The van der Waals surface area contributed by atoms with E-state index in [0.717, 1.165) is 25.4 Å². The number of hydrogen-bond donors (Lipinski definition) is 1. The van der Waals surface area contributed by atoms with Gasteiger partial charge in [0, 0.05) is 41.4 Å². The zero-order chi connectivity index (χ0) is 12.0. The van der Waals surface area contributed by atoms with Gasteiger partial charge in [-0.2, -0.15) is 0 Å². The first-order valence-electron chi connectivity index (χ1n) is 6.41. The summed E-state index contributed by atoms with van der Waals surface area (Å²) in [5, 5.41) is 3.60. The molecule has 0 spiro atoms. The maximum atomic E-state index is 11.3. The zero-order valence-corrected chi connectivity index (χ0v) is 11.7. The van der Waals surface area contributed by atoms with E-state index in [1.54, 1.807) is 6.26 Å². The molecule has 1 aliphatic rings. The topological polar surface area (TPSA) is 32.3 Å². The Morgan fingerprint density at radius 1 is 1.56 bits per heavy atom. The standard InChI is InChI=1S/C12H26N2OS/c1-4-6-12-9-14(8-5-7-13-12)11(2)10-16(3)15/h11-13H,4-10H2,1-3H3. The van der Waals surface area contributed by atoms with Gasteiger partial charge in [0.2, 0.25) is 0 Å². The lowest BCUT2D eigenvalue weighted by Gasteiger charge is -2.29. The maximum Gasteiger partial charge on any atom is 0.0385 e. The number of rotatable bonds is 5. The van der Waals surface area contributed by atoms with Gasteiger partial charge in [-0.3, -0.25) is 9.11 Å². The Morgan fingerprint density at radius 2 is 2.31 bits per heavy atom. The zero-order valence-electron chi connectivity index (χ0n) is 10.9. The van der Waals surface area contributed by atoms with E-state index in [9.17, 15) is 4.21 Å². The third kappa shape index (κ3) is 4.93. The summed E-state index contributed by atoms with van der Waals surface area (Å²) in [5.41, 5.74) is 0. The van der Waals surface area contributed by atoms with Gasteiger partial charge >= 0.3 is 0 Å². The predicted molar refractivity (Wildman–Crippen MR) is 71.3 cm³/mol. The van der Waals surface area contributed by atoms with Crippen LogP contribution in [-0.4, -0.2) is 52.8 Å². The molecule has 1 saturated heterocycles. The molecule has 1 aliphatic heterocycles. The van der Waals surface area contributed by atoms with Gasteiger partial charge in [0.25, 0.3) is 0 Å². The number of hydrogen-bond acceptors (Lipinski definition) is 3. The first kappa shape index (κ1) is 14.1. The highest BCUT2D eigenvalue weighted by Crippen LogP contribution is 2.09. The maximum absolute atomic E-state index is 11.3. The molecule has 0 bridgehead atoms. The van der Waals surface area contributed by atoms with Gasteiger partial charge in [0.05, 0.1) is 0 Å². The third-order valence-electron chi connectivity index (χ3n) is 3.25. The van der Waals surface area contributed by atoms with Crippen LogP contribution >= 0.6 is 0 Å². The SMILES string of the molecule is CCCC1CN(C(C)CS(C)=O)CCCN1. The van der Waals surface area contributed by atoms with Crippen molar-refractivity contribution in [3.05, 3.63) is 0 Å². The highest BCUT2D eigenvalue weighted by Gasteiger charge is 2.21. The molecule has 0 amide bonds. The molecule has 3 nitrogen and oxygen atoms in total. The van der Waals surface area contributed by atoms with Gasteiger partial charge in [0.15, 0.2) is 0 Å². The Kier molecular flexibility index (Phi) is 6.54. The van der Waals surface area contributed by atoms with Crippen molar-refractivity contribution in [2.75, 3.05) is 31.6 Å². The Morgan fingerprint density at radius 3 is 2.94 bits per heavy atom. The van der Waals surface area contributed by atoms with Gasteiger partial charge < -0.3 is 5.32 Å². The lowest BCUT2D eigenvalue weighted by molar-refractivity contribution is 0.216. The van der Waals surface area contributed by atoms with Crippen LogP contribution in [0.2, 0.25) is 0 Å². The lowest BCUT2D eigenvalue weighted by atomic mass is 10.1. The summed E-state index contributed by atoms with van der Waals surface area (Å²) in [6, 6.07) is 1.07. The van der Waals surface area contributed by atoms with Gasteiger partial charge in [-0.05, 0) is 32.9 Å². The quantitative estimate of drug-likeness (QED) is 0.791. The van der Waals surface area contributed by atoms with Crippen LogP contribution in [0.1, 0.15) is 33.1 Å². The molecule has 1 N–H and O–H groups in total. The van der Waals surface area contributed by atoms with E-state index < -0.39 is 10.8 Å². The van der Waals surface area contributed by atoms with E-state index in [-0.39, 0.29) is 0 Å². The Hall–Kier alpha value is 0.0700. The Balaban J connectivity index is 2.46. The van der Waals surface area contributed by atoms with Crippen molar-refractivity contribution in [2.45, 2.75) is 45.2 Å². The monoisotopic (exact) mass is 246 g/mol. The van der Waals surface area contributed by atoms with Crippen LogP contribution in [0.25, 0.3) is 0 Å². The van der Waals surface area contributed by atoms with Crippen molar-refractivity contribution in [1.29, 1.82) is 0 Å². The molecule has 0 aromatic carbocycles. The Bertz CT molecular complexity index is 223. The molecule has 0 aromatic rings. The predicted octanol–water partition coefficient (Wildman–Crippen LogP) is 1.22. The molecule has 0 aliphatic carbocycles. The summed E-state index contributed by atoms with van der Waals surface area (Å²) in [7, 11) is -0.680. The summed E-state index contributed by atoms with van der Waals surface area (Å²) >= 11 is 0. The highest BCUT2D eigenvalue weighted by atomic mass is 32.2. The van der Waals surface area contributed by atoms with E-state index in [1.807, 2.05) is 0 Å². The second kappa shape index (κ2) is 7.41. The van der Waals surface area contributed by atoms with Crippen molar-refractivity contribution < 1.29 is 4.21 Å². The molecule has 1 fully saturated rings. The van der Waals surface area contributed by atoms with Gasteiger partial charge in [-0.1, -0.05) is 13.3 Å². The van der Waals surface area contributed by atoms with Crippen LogP contribution in [0, 0.1) is 0 Å². The summed E-state index contributed by atoms with van der Waals surface area (Å²) in [6.07, 6.45) is 5.50. The minimum atomic E-state index is -0.680. The smallest absolute Gasteiger partial charge is 0.0385 e. The molecule has 0 aromatic heterocycles. The average molecular weight is 246 g/mol. The fourth-order valence-corrected chi connectivity index (χ4v) is 3.30. The van der Waals surface area contributed by atoms with Crippen LogP contribution in [0.5, 0.6) is 0 Å². The van der Waals surface area contributed by atoms with Crippen LogP contribution in [0.4, 0.5) is 0 Å². The second-order valence-corrected chi connectivity index (χ2v) is 6.36. The molecule has 3 unspecified atom stereocenters. The molecule has 1 rings (SSSR count). The van der Waals surface area contributed by atoms with Crippen LogP contribution in [0.15, 0.2) is 0 Å². The van der Waals surface area contributed by atoms with Crippen molar-refractivity contribution in [2.24, 2.45) is 0 Å². The second-order valence-electron chi connectivity index (χ2n) is 4.88. The van der Waals surface area contributed by atoms with Gasteiger partial charge in [0.1, 0.15) is 0 Å². The molecule has 3 atom stereocenters. The highest BCUT2D eigenvalue weighted by molar-refractivity contribution is 7.84. The van der Waals surface area contributed by atoms with Gasteiger partial charge in [-0.15, -0.1) is 0 Å². The fraction of sp³-hybridized carbons (Fsp3) is 1.00. The molecule has 4 heteroatoms. The lowest BCUT2D eigenvalue weighted by Crippen LogP contribution is -2.43. The molecule has 96 valence electrons. The van der Waals surface area contributed by atoms with Crippen LogP contribution in [-0.2, 0) is 10.8 Å². The molecule has 0 radical (unpaired) electrons. The third-order valence-corrected chi connectivity index (χ3v) is 4.20. The summed E-state index contributed by atoms with van der Waals surface area (Å²) in [6.45, 7) is 7.83. The minimum absolute atomic E-state index is 0.449. The Labute approximate surface area is 102 Å². The van der Waals surface area contributed by atoms with E-state index in [0.29, 0.717) is 12.1 Å². The molecule has 0 saturated carbocycles. The number of nitrogens with zero attached hydrogens (tertiary/aromatic N) is 1. The van der Waals surface area contributed by atoms with Crippen LogP contribution in [0.3, 0.4) is 0 Å². The normalized spacial score (nSPS) is 27.3. The molecular weight excluding hydrogens is 220 g/mol. The molecule has 1 heterocycles. The number of nitrogens with one attached hydrogen (secondary N) is 1. The van der Waals surface area contributed by atoms with Crippen LogP contribution < -0.4 is 5.32 Å². The minimum Gasteiger partial charge on any atom is -0.313 e. The summed E-state index contributed by atoms with van der Waals surface area (Å²) in [5.74, 6) is 0.804. The van der Waals surface area contributed by atoms with E-state index in [2.05, 4.69) is 24.1 Å². The fourth-order valence-electron chi connectivity index (χ4n) is 2.41. The van der Waals surface area contributed by atoms with Crippen molar-refractivity contribution in [3.8, 4) is 0 Å². The van der Waals surface area contributed by atoms with Gasteiger partial charge in [-0.25, -0.2) is 0 Å². The van der Waals surface area contributed by atoms with E-state index in [1.165, 1.54) is 19.3 Å². The summed E-state index contributed by atoms with van der Waals surface area (Å²) in [4.78, 5) is 2.50. The van der Waals surface area contributed by atoms with E-state index in [4.69, 9.17) is 0 Å².